The van der Waals surface area contributed by atoms with Gasteiger partial charge in [0.25, 0.3) is 0 Å². The van der Waals surface area contributed by atoms with Gasteiger partial charge in [0.2, 0.25) is 0 Å². The lowest BCUT2D eigenvalue weighted by atomic mass is 9.99. The molecule has 1 N–H and O–H groups in total. The Morgan fingerprint density at radius 2 is 2.09 bits per heavy atom. The number of carbonyl (C=O) groups is 1. The minimum Gasteiger partial charge on any atom is -0.468 e. The van der Waals surface area contributed by atoms with E-state index in [-0.39, 0.29) is 6.03 Å². The van der Waals surface area contributed by atoms with E-state index >= 15 is 0 Å². The number of hydrogen-bond acceptors (Lipinski definition) is 3. The third-order valence-electron chi connectivity index (χ3n) is 4.70. The number of furan rings is 1. The predicted octanol–water partition coefficient (Wildman–Crippen LogP) is 3.32. The van der Waals surface area contributed by atoms with Crippen LogP contribution in [0.15, 0.2) is 22.8 Å². The molecule has 5 heteroatoms. The molecule has 5 nitrogen and oxygen atoms in total. The van der Waals surface area contributed by atoms with E-state index in [1.807, 2.05) is 17.0 Å². The lowest BCUT2D eigenvalue weighted by Crippen LogP contribution is -2.52. The smallest absolute Gasteiger partial charge is 0.317 e. The number of piperazine rings is 1. The lowest BCUT2D eigenvalue weighted by Gasteiger charge is -2.34. The standard InChI is InChI=1S/C18H31N3O2/c1-3-5-7-16(4-2)14-19-18(22)21-11-9-20(10-12-21)15-17-8-6-13-23-17/h6,8,13,16H,3-5,7,9-12,14-15H2,1-2H3,(H,19,22). The number of rotatable bonds is 8. The number of unbranched alkanes of at least 4 members (excludes halogenated alkanes) is 1. The van der Waals surface area contributed by atoms with Gasteiger partial charge in [-0.2, -0.15) is 0 Å². The van der Waals surface area contributed by atoms with E-state index in [0.717, 1.165) is 51.4 Å². The van der Waals surface area contributed by atoms with Gasteiger partial charge in [-0.05, 0) is 24.5 Å². The highest BCUT2D eigenvalue weighted by Gasteiger charge is 2.21. The normalized spacial score (nSPS) is 17.2. The molecular formula is C18H31N3O2. The van der Waals surface area contributed by atoms with E-state index in [0.29, 0.717) is 5.92 Å². The van der Waals surface area contributed by atoms with Crippen molar-refractivity contribution in [2.24, 2.45) is 5.92 Å². The first kappa shape index (κ1) is 17.9. The number of nitrogens with one attached hydrogen (secondary N) is 1. The summed E-state index contributed by atoms with van der Waals surface area (Å²) in [7, 11) is 0. The highest BCUT2D eigenvalue weighted by Crippen LogP contribution is 2.12. The van der Waals surface area contributed by atoms with Crippen molar-refractivity contribution in [2.75, 3.05) is 32.7 Å². The van der Waals surface area contributed by atoms with E-state index in [1.54, 1.807) is 6.26 Å². The van der Waals surface area contributed by atoms with Crippen LogP contribution in [0.4, 0.5) is 4.79 Å². The zero-order chi connectivity index (χ0) is 16.5. The quantitative estimate of drug-likeness (QED) is 0.799. The maximum absolute atomic E-state index is 12.3. The van der Waals surface area contributed by atoms with E-state index in [9.17, 15) is 4.79 Å². The Morgan fingerprint density at radius 1 is 1.30 bits per heavy atom. The number of hydrogen-bond donors (Lipinski definition) is 1. The number of amides is 2. The van der Waals surface area contributed by atoms with Crippen LogP contribution in [0.1, 0.15) is 45.3 Å². The predicted molar refractivity (Wildman–Crippen MR) is 92.3 cm³/mol. The number of urea groups is 1. The van der Waals surface area contributed by atoms with Crippen LogP contribution >= 0.6 is 0 Å². The van der Waals surface area contributed by atoms with Gasteiger partial charge in [-0.15, -0.1) is 0 Å². The second kappa shape index (κ2) is 9.60. The van der Waals surface area contributed by atoms with Gasteiger partial charge in [0.15, 0.2) is 0 Å². The van der Waals surface area contributed by atoms with E-state index < -0.39 is 0 Å². The average Bonchev–Trinajstić information content (AvgIpc) is 3.08. The first-order valence-electron chi connectivity index (χ1n) is 9.00. The van der Waals surface area contributed by atoms with Crippen molar-refractivity contribution in [3.05, 3.63) is 24.2 Å². The molecule has 1 unspecified atom stereocenters. The molecule has 23 heavy (non-hydrogen) atoms. The molecule has 0 bridgehead atoms. The molecule has 130 valence electrons. The van der Waals surface area contributed by atoms with Crippen molar-refractivity contribution in [1.29, 1.82) is 0 Å². The van der Waals surface area contributed by atoms with Crippen LogP contribution in [0.2, 0.25) is 0 Å². The summed E-state index contributed by atoms with van der Waals surface area (Å²) in [5.74, 6) is 1.60. The Balaban J connectivity index is 1.66. The molecule has 1 aromatic rings. The number of carbonyl (C=O) groups excluding carboxylic acids is 1. The zero-order valence-electron chi connectivity index (χ0n) is 14.6. The molecule has 0 radical (unpaired) electrons. The lowest BCUT2D eigenvalue weighted by molar-refractivity contribution is 0.129. The van der Waals surface area contributed by atoms with Crippen molar-refractivity contribution in [2.45, 2.75) is 46.1 Å². The Labute approximate surface area is 140 Å². The second-order valence-electron chi connectivity index (χ2n) is 6.45. The molecule has 0 aliphatic carbocycles. The summed E-state index contributed by atoms with van der Waals surface area (Å²) in [5.41, 5.74) is 0. The maximum Gasteiger partial charge on any atom is 0.317 e. The summed E-state index contributed by atoms with van der Waals surface area (Å²) < 4.78 is 5.39. The molecule has 1 aliphatic heterocycles. The highest BCUT2D eigenvalue weighted by molar-refractivity contribution is 5.74. The minimum absolute atomic E-state index is 0.0950. The minimum atomic E-state index is 0.0950. The van der Waals surface area contributed by atoms with Crippen LogP contribution in [0.5, 0.6) is 0 Å². The first-order valence-corrected chi connectivity index (χ1v) is 9.00. The molecule has 0 aromatic carbocycles. The van der Waals surface area contributed by atoms with Crippen LogP contribution in [0.25, 0.3) is 0 Å². The van der Waals surface area contributed by atoms with E-state index in [1.165, 1.54) is 19.3 Å². The van der Waals surface area contributed by atoms with Crippen LogP contribution in [0.3, 0.4) is 0 Å². The summed E-state index contributed by atoms with van der Waals surface area (Å²) in [6.07, 6.45) is 6.53. The molecule has 1 fully saturated rings. The third-order valence-corrected chi connectivity index (χ3v) is 4.70. The van der Waals surface area contributed by atoms with Gasteiger partial charge >= 0.3 is 6.03 Å². The molecule has 2 amide bonds. The first-order chi connectivity index (χ1) is 11.2. The van der Waals surface area contributed by atoms with Crippen LogP contribution in [-0.2, 0) is 6.54 Å². The van der Waals surface area contributed by atoms with Gasteiger partial charge in [-0.25, -0.2) is 4.79 Å². The molecule has 1 saturated heterocycles. The Kier molecular flexibility index (Phi) is 7.46. The van der Waals surface area contributed by atoms with Crippen molar-refractivity contribution in [3.8, 4) is 0 Å². The van der Waals surface area contributed by atoms with Crippen LogP contribution < -0.4 is 5.32 Å². The zero-order valence-corrected chi connectivity index (χ0v) is 14.6. The molecule has 0 spiro atoms. The topological polar surface area (TPSA) is 48.7 Å². The molecular weight excluding hydrogens is 290 g/mol. The van der Waals surface area contributed by atoms with Gasteiger partial charge in [-0.1, -0.05) is 33.1 Å². The second-order valence-corrected chi connectivity index (χ2v) is 6.45. The Hall–Kier alpha value is -1.49. The SMILES string of the molecule is CCCCC(CC)CNC(=O)N1CCN(Cc2ccco2)CC1. The monoisotopic (exact) mass is 321 g/mol. The Morgan fingerprint density at radius 3 is 2.70 bits per heavy atom. The molecule has 1 aliphatic rings. The summed E-state index contributed by atoms with van der Waals surface area (Å²) in [6.45, 7) is 9.45. The fourth-order valence-corrected chi connectivity index (χ4v) is 3.02. The van der Waals surface area contributed by atoms with Gasteiger partial charge in [0.1, 0.15) is 5.76 Å². The van der Waals surface area contributed by atoms with Gasteiger partial charge in [0, 0.05) is 32.7 Å². The summed E-state index contributed by atoms with van der Waals surface area (Å²) >= 11 is 0. The fourth-order valence-electron chi connectivity index (χ4n) is 3.02. The van der Waals surface area contributed by atoms with Crippen LogP contribution in [-0.4, -0.2) is 48.6 Å². The van der Waals surface area contributed by atoms with Gasteiger partial charge in [0.05, 0.1) is 12.8 Å². The van der Waals surface area contributed by atoms with Crippen molar-refractivity contribution in [3.63, 3.8) is 0 Å². The van der Waals surface area contributed by atoms with Crippen molar-refractivity contribution < 1.29 is 9.21 Å². The van der Waals surface area contributed by atoms with Crippen molar-refractivity contribution >= 4 is 6.03 Å². The molecule has 1 atom stereocenters. The summed E-state index contributed by atoms with van der Waals surface area (Å²) in [6, 6.07) is 4.01. The van der Waals surface area contributed by atoms with E-state index in [4.69, 9.17) is 4.42 Å². The van der Waals surface area contributed by atoms with Gasteiger partial charge in [-0.3, -0.25) is 4.90 Å². The largest absolute Gasteiger partial charge is 0.468 e. The molecule has 2 heterocycles. The fraction of sp³-hybridized carbons (Fsp3) is 0.722. The maximum atomic E-state index is 12.3. The third kappa shape index (κ3) is 5.90. The van der Waals surface area contributed by atoms with Gasteiger partial charge < -0.3 is 14.6 Å². The van der Waals surface area contributed by atoms with Crippen LogP contribution in [0, 0.1) is 5.92 Å². The average molecular weight is 321 g/mol. The Bertz CT molecular complexity index is 439. The molecule has 0 saturated carbocycles. The summed E-state index contributed by atoms with van der Waals surface area (Å²) in [4.78, 5) is 16.6. The van der Waals surface area contributed by atoms with E-state index in [2.05, 4.69) is 24.1 Å². The van der Waals surface area contributed by atoms with Crippen molar-refractivity contribution in [1.82, 2.24) is 15.1 Å². The molecule has 2 rings (SSSR count). The number of nitrogens with zero attached hydrogens (tertiary/aromatic N) is 2. The molecule has 1 aromatic heterocycles. The summed E-state index contributed by atoms with van der Waals surface area (Å²) in [5, 5.41) is 3.12. The highest BCUT2D eigenvalue weighted by atomic mass is 16.3.